The smallest absolute Gasteiger partial charge is 0.352 e. The number of nitrogens with zero attached hydrogens (tertiary/aromatic N) is 1. The first-order valence-electron chi connectivity index (χ1n) is 4.69. The molecule has 1 N–H and O–H groups in total. The maximum absolute atomic E-state index is 12.4. The zero-order valence-corrected chi connectivity index (χ0v) is 8.81. The van der Waals surface area contributed by atoms with Crippen LogP contribution in [0.15, 0.2) is 4.52 Å². The first-order valence-corrected chi connectivity index (χ1v) is 4.69. The van der Waals surface area contributed by atoms with Gasteiger partial charge >= 0.3 is 6.18 Å². The Morgan fingerprint density at radius 3 is 2.62 bits per heavy atom. The van der Waals surface area contributed by atoms with Gasteiger partial charge in [-0.05, 0) is 13.3 Å². The van der Waals surface area contributed by atoms with Crippen LogP contribution in [-0.2, 0) is 6.18 Å². The molecule has 0 aliphatic rings. The van der Waals surface area contributed by atoms with Crippen LogP contribution in [-0.4, -0.2) is 17.6 Å². The third-order valence-electron chi connectivity index (χ3n) is 1.88. The Morgan fingerprint density at radius 1 is 1.50 bits per heavy atom. The van der Waals surface area contributed by atoms with E-state index in [1.807, 2.05) is 0 Å². The van der Waals surface area contributed by atoms with Gasteiger partial charge in [-0.2, -0.15) is 13.2 Å². The Kier molecular flexibility index (Phi) is 3.56. The number of hydrogen-bond donors (Lipinski definition) is 1. The van der Waals surface area contributed by atoms with Crippen molar-refractivity contribution in [3.63, 3.8) is 0 Å². The number of aromatic nitrogens is 1. The number of nitrogens with one attached hydrogen (secondary N) is 1. The molecule has 90 valence electrons. The van der Waals surface area contributed by atoms with Crippen molar-refractivity contribution < 1.29 is 22.5 Å². The van der Waals surface area contributed by atoms with Gasteiger partial charge in [-0.3, -0.25) is 4.79 Å². The number of alkyl halides is 3. The standard InChI is InChI=1S/C9H11F3N2O2/c1-3-4-13-8(15)6-5(2)14-16-7(6)9(10,11)12/h3-4H2,1-2H3,(H,13,15). The molecular weight excluding hydrogens is 225 g/mol. The van der Waals surface area contributed by atoms with Crippen LogP contribution >= 0.6 is 0 Å². The monoisotopic (exact) mass is 236 g/mol. The third-order valence-corrected chi connectivity index (χ3v) is 1.88. The molecule has 1 aromatic heterocycles. The predicted octanol–water partition coefficient (Wildman–Crippen LogP) is 2.14. The molecule has 0 aliphatic heterocycles. The molecule has 0 saturated heterocycles. The SMILES string of the molecule is CCCNC(=O)c1c(C)noc1C(F)(F)F. The summed E-state index contributed by atoms with van der Waals surface area (Å²) in [4.78, 5) is 11.4. The van der Waals surface area contributed by atoms with Gasteiger partial charge in [-0.1, -0.05) is 12.1 Å². The Labute approximate surface area is 89.8 Å². The van der Waals surface area contributed by atoms with Gasteiger partial charge in [0.2, 0.25) is 0 Å². The molecule has 1 aromatic rings. The highest BCUT2D eigenvalue weighted by Crippen LogP contribution is 2.33. The quantitative estimate of drug-likeness (QED) is 0.874. The normalized spacial score (nSPS) is 11.6. The van der Waals surface area contributed by atoms with Crippen molar-refractivity contribution >= 4 is 5.91 Å². The summed E-state index contributed by atoms with van der Waals surface area (Å²) in [7, 11) is 0. The number of carbonyl (C=O) groups is 1. The van der Waals surface area contributed by atoms with Crippen molar-refractivity contribution in [2.45, 2.75) is 26.4 Å². The van der Waals surface area contributed by atoms with Crippen molar-refractivity contribution in [3.05, 3.63) is 17.0 Å². The van der Waals surface area contributed by atoms with Gasteiger partial charge < -0.3 is 9.84 Å². The van der Waals surface area contributed by atoms with E-state index in [-0.39, 0.29) is 5.69 Å². The van der Waals surface area contributed by atoms with Gasteiger partial charge in [0.05, 0.1) is 5.69 Å². The third kappa shape index (κ3) is 2.53. The summed E-state index contributed by atoms with van der Waals surface area (Å²) in [6, 6.07) is 0. The lowest BCUT2D eigenvalue weighted by Crippen LogP contribution is -2.26. The van der Waals surface area contributed by atoms with Crippen molar-refractivity contribution in [1.82, 2.24) is 10.5 Å². The average Bonchev–Trinajstić information content (AvgIpc) is 2.56. The number of hydrogen-bond acceptors (Lipinski definition) is 3. The van der Waals surface area contributed by atoms with Gasteiger partial charge in [0.25, 0.3) is 11.7 Å². The minimum atomic E-state index is -4.71. The number of halogens is 3. The van der Waals surface area contributed by atoms with E-state index in [4.69, 9.17) is 0 Å². The molecule has 0 saturated carbocycles. The van der Waals surface area contributed by atoms with Gasteiger partial charge in [0.1, 0.15) is 5.56 Å². The number of carbonyl (C=O) groups excluding carboxylic acids is 1. The molecule has 0 radical (unpaired) electrons. The van der Waals surface area contributed by atoms with Crippen molar-refractivity contribution in [3.8, 4) is 0 Å². The van der Waals surface area contributed by atoms with Crippen LogP contribution in [0.25, 0.3) is 0 Å². The zero-order chi connectivity index (χ0) is 12.3. The Hall–Kier alpha value is -1.53. The summed E-state index contributed by atoms with van der Waals surface area (Å²) >= 11 is 0. The van der Waals surface area contributed by atoms with E-state index in [1.165, 1.54) is 6.92 Å². The van der Waals surface area contributed by atoms with Crippen LogP contribution in [0.3, 0.4) is 0 Å². The van der Waals surface area contributed by atoms with Crippen LogP contribution in [0.2, 0.25) is 0 Å². The molecule has 0 bridgehead atoms. The fourth-order valence-electron chi connectivity index (χ4n) is 1.16. The molecule has 0 unspecified atom stereocenters. The molecule has 0 aromatic carbocycles. The van der Waals surface area contributed by atoms with Crippen molar-refractivity contribution in [2.75, 3.05) is 6.54 Å². The molecule has 1 amide bonds. The average molecular weight is 236 g/mol. The molecule has 16 heavy (non-hydrogen) atoms. The van der Waals surface area contributed by atoms with Gasteiger partial charge in [-0.15, -0.1) is 0 Å². The Bertz CT molecular complexity index is 385. The van der Waals surface area contributed by atoms with Gasteiger partial charge in [-0.25, -0.2) is 0 Å². The second-order valence-electron chi connectivity index (χ2n) is 3.23. The lowest BCUT2D eigenvalue weighted by molar-refractivity contribution is -0.155. The van der Waals surface area contributed by atoms with Crippen LogP contribution in [0.5, 0.6) is 0 Å². The van der Waals surface area contributed by atoms with Crippen LogP contribution in [0.4, 0.5) is 13.2 Å². The summed E-state index contributed by atoms with van der Waals surface area (Å²) < 4.78 is 41.4. The minimum absolute atomic E-state index is 0.0686. The fourth-order valence-corrected chi connectivity index (χ4v) is 1.16. The van der Waals surface area contributed by atoms with E-state index >= 15 is 0 Å². The fraction of sp³-hybridized carbons (Fsp3) is 0.556. The maximum atomic E-state index is 12.4. The Balaban J connectivity index is 3.02. The zero-order valence-electron chi connectivity index (χ0n) is 8.81. The second-order valence-corrected chi connectivity index (χ2v) is 3.23. The molecule has 4 nitrogen and oxygen atoms in total. The number of amides is 1. The Morgan fingerprint density at radius 2 is 2.12 bits per heavy atom. The van der Waals surface area contributed by atoms with Crippen LogP contribution in [0, 0.1) is 6.92 Å². The van der Waals surface area contributed by atoms with Gasteiger partial charge in [0, 0.05) is 6.54 Å². The van der Waals surface area contributed by atoms with E-state index in [0.29, 0.717) is 13.0 Å². The highest BCUT2D eigenvalue weighted by Gasteiger charge is 2.41. The molecule has 0 aliphatic carbocycles. The molecule has 1 rings (SSSR count). The lowest BCUT2D eigenvalue weighted by atomic mass is 10.1. The first-order chi connectivity index (χ1) is 7.38. The molecule has 1 heterocycles. The highest BCUT2D eigenvalue weighted by atomic mass is 19.4. The molecular formula is C9H11F3N2O2. The van der Waals surface area contributed by atoms with Gasteiger partial charge in [0.15, 0.2) is 0 Å². The van der Waals surface area contributed by atoms with Crippen LogP contribution in [0.1, 0.15) is 35.2 Å². The van der Waals surface area contributed by atoms with Crippen molar-refractivity contribution in [2.24, 2.45) is 0 Å². The topological polar surface area (TPSA) is 55.1 Å². The highest BCUT2D eigenvalue weighted by molar-refractivity contribution is 5.96. The predicted molar refractivity (Wildman–Crippen MR) is 48.9 cm³/mol. The second kappa shape index (κ2) is 4.54. The summed E-state index contributed by atoms with van der Waals surface area (Å²) in [5, 5.41) is 5.51. The number of rotatable bonds is 3. The minimum Gasteiger partial charge on any atom is -0.352 e. The molecule has 0 atom stereocenters. The van der Waals surface area contributed by atoms with E-state index in [2.05, 4.69) is 15.0 Å². The maximum Gasteiger partial charge on any atom is 0.453 e. The summed E-state index contributed by atoms with van der Waals surface area (Å²) in [6.45, 7) is 3.39. The summed E-state index contributed by atoms with van der Waals surface area (Å²) in [5.74, 6) is -2.16. The van der Waals surface area contributed by atoms with Crippen LogP contribution < -0.4 is 5.32 Å². The van der Waals surface area contributed by atoms with E-state index in [0.717, 1.165) is 0 Å². The van der Waals surface area contributed by atoms with Crippen molar-refractivity contribution in [1.29, 1.82) is 0 Å². The largest absolute Gasteiger partial charge is 0.453 e. The number of aryl methyl sites for hydroxylation is 1. The molecule has 0 spiro atoms. The summed E-state index contributed by atoms with van der Waals surface area (Å²) in [5.41, 5.74) is -0.609. The lowest BCUT2D eigenvalue weighted by Gasteiger charge is -2.05. The van der Waals surface area contributed by atoms with E-state index in [1.54, 1.807) is 6.92 Å². The molecule has 0 fully saturated rings. The first kappa shape index (κ1) is 12.5. The molecule has 7 heteroatoms. The van der Waals surface area contributed by atoms with E-state index in [9.17, 15) is 18.0 Å². The van der Waals surface area contributed by atoms with E-state index < -0.39 is 23.4 Å². The summed E-state index contributed by atoms with van der Waals surface area (Å²) in [6.07, 6.45) is -4.07.